The molecule has 0 aliphatic carbocycles. The fourth-order valence-electron chi connectivity index (χ4n) is 1.20. The molecule has 0 atom stereocenters. The summed E-state index contributed by atoms with van der Waals surface area (Å²) in [5.74, 6) is -0.697. The number of anilines is 1. The minimum Gasteiger partial charge on any atom is -0.462 e. The molecule has 0 heterocycles. The number of esters is 1. The Kier molecular flexibility index (Phi) is 5.40. The highest BCUT2D eigenvalue weighted by atomic mass is 35.5. The van der Waals surface area contributed by atoms with Gasteiger partial charge in [-0.2, -0.15) is 10.5 Å². The van der Waals surface area contributed by atoms with E-state index in [9.17, 15) is 4.79 Å². The first-order valence-electron chi connectivity index (χ1n) is 5.36. The Labute approximate surface area is 115 Å². The first-order valence-corrected chi connectivity index (χ1v) is 5.73. The van der Waals surface area contributed by atoms with Crippen molar-refractivity contribution in [2.75, 3.05) is 11.9 Å². The van der Waals surface area contributed by atoms with Crippen LogP contribution in [0.4, 0.5) is 5.69 Å². The van der Waals surface area contributed by atoms with Crippen LogP contribution < -0.4 is 5.32 Å². The van der Waals surface area contributed by atoms with Gasteiger partial charge in [0.05, 0.1) is 17.2 Å². The second-order valence-electron chi connectivity index (χ2n) is 3.34. The summed E-state index contributed by atoms with van der Waals surface area (Å²) in [5, 5.41) is 20.6. The van der Waals surface area contributed by atoms with Crippen molar-refractivity contribution < 1.29 is 9.53 Å². The fourth-order valence-corrected chi connectivity index (χ4v) is 1.42. The molecule has 0 aliphatic heterocycles. The molecule has 0 saturated heterocycles. The predicted octanol–water partition coefficient (Wildman–Crippen LogP) is 2.59. The zero-order valence-corrected chi connectivity index (χ0v) is 10.9. The summed E-state index contributed by atoms with van der Waals surface area (Å²) in [4.78, 5) is 11.3. The Bertz CT molecular complexity index is 597. The van der Waals surface area contributed by atoms with Gasteiger partial charge in [0.2, 0.25) is 0 Å². The smallest absolute Gasteiger partial charge is 0.350 e. The van der Waals surface area contributed by atoms with Crippen LogP contribution in [0.15, 0.2) is 30.0 Å². The Morgan fingerprint density at radius 1 is 1.53 bits per heavy atom. The second kappa shape index (κ2) is 7.05. The van der Waals surface area contributed by atoms with E-state index in [4.69, 9.17) is 26.9 Å². The number of rotatable bonds is 4. The van der Waals surface area contributed by atoms with Gasteiger partial charge in [-0.25, -0.2) is 4.79 Å². The maximum absolute atomic E-state index is 11.3. The summed E-state index contributed by atoms with van der Waals surface area (Å²) < 4.78 is 4.70. The molecule has 0 radical (unpaired) electrons. The van der Waals surface area contributed by atoms with Crippen molar-refractivity contribution in [1.29, 1.82) is 10.5 Å². The van der Waals surface area contributed by atoms with Gasteiger partial charge in [-0.3, -0.25) is 0 Å². The van der Waals surface area contributed by atoms with Gasteiger partial charge in [0, 0.05) is 11.9 Å². The molecule has 0 unspecified atom stereocenters. The lowest BCUT2D eigenvalue weighted by atomic mass is 10.2. The Balaban J connectivity index is 2.86. The molecular weight excluding hydrogens is 266 g/mol. The Morgan fingerprint density at radius 3 is 2.79 bits per heavy atom. The van der Waals surface area contributed by atoms with Crippen LogP contribution in [0, 0.1) is 22.7 Å². The van der Waals surface area contributed by atoms with Gasteiger partial charge < -0.3 is 10.1 Å². The highest BCUT2D eigenvalue weighted by Gasteiger charge is 2.09. The van der Waals surface area contributed by atoms with Crippen LogP contribution in [0.3, 0.4) is 0 Å². The number of carbonyl (C=O) groups is 1. The van der Waals surface area contributed by atoms with Gasteiger partial charge in [-0.1, -0.05) is 11.6 Å². The predicted molar refractivity (Wildman–Crippen MR) is 70.1 cm³/mol. The molecule has 5 nitrogen and oxygen atoms in total. The number of nitriles is 2. The summed E-state index contributed by atoms with van der Waals surface area (Å²) in [7, 11) is 0. The Morgan fingerprint density at radius 2 is 2.26 bits per heavy atom. The summed E-state index contributed by atoms with van der Waals surface area (Å²) in [6.45, 7) is 1.85. The lowest BCUT2D eigenvalue weighted by molar-refractivity contribution is -0.138. The molecule has 0 fully saturated rings. The number of carbonyl (C=O) groups excluding carboxylic acids is 1. The normalized spacial score (nSPS) is 10.2. The molecule has 0 amide bonds. The first-order chi connectivity index (χ1) is 9.12. The van der Waals surface area contributed by atoms with Crippen molar-refractivity contribution in [2.24, 2.45) is 0 Å². The van der Waals surface area contributed by atoms with Gasteiger partial charge >= 0.3 is 5.97 Å². The van der Waals surface area contributed by atoms with E-state index < -0.39 is 5.97 Å². The van der Waals surface area contributed by atoms with Crippen LogP contribution in [-0.2, 0) is 9.53 Å². The number of ether oxygens (including phenoxy) is 1. The standard InChI is InChI=1S/C13H10ClN3O2/c1-2-19-13(18)10(7-16)8-17-11-4-3-9(6-15)12(14)5-11/h3-5,8,17H,2H2,1H3/b10-8+. The summed E-state index contributed by atoms with van der Waals surface area (Å²) in [6.07, 6.45) is 1.23. The van der Waals surface area contributed by atoms with E-state index in [0.717, 1.165) is 0 Å². The van der Waals surface area contributed by atoms with Crippen molar-refractivity contribution in [3.8, 4) is 12.1 Å². The summed E-state index contributed by atoms with van der Waals surface area (Å²) in [6, 6.07) is 8.34. The quantitative estimate of drug-likeness (QED) is 0.518. The topological polar surface area (TPSA) is 85.9 Å². The minimum atomic E-state index is -0.697. The third-order valence-corrected chi connectivity index (χ3v) is 2.40. The first kappa shape index (κ1) is 14.6. The van der Waals surface area contributed by atoms with Crippen LogP contribution >= 0.6 is 11.6 Å². The lowest BCUT2D eigenvalue weighted by Crippen LogP contribution is -2.07. The minimum absolute atomic E-state index is 0.151. The van der Waals surface area contributed by atoms with Crippen molar-refractivity contribution >= 4 is 23.3 Å². The van der Waals surface area contributed by atoms with E-state index >= 15 is 0 Å². The summed E-state index contributed by atoms with van der Waals surface area (Å²) >= 11 is 5.85. The molecular formula is C13H10ClN3O2. The lowest BCUT2D eigenvalue weighted by Gasteiger charge is -2.04. The van der Waals surface area contributed by atoms with E-state index in [1.807, 2.05) is 6.07 Å². The van der Waals surface area contributed by atoms with E-state index in [-0.39, 0.29) is 17.2 Å². The second-order valence-corrected chi connectivity index (χ2v) is 3.75. The van der Waals surface area contributed by atoms with Crippen molar-refractivity contribution in [2.45, 2.75) is 6.92 Å². The van der Waals surface area contributed by atoms with Crippen LogP contribution in [0.5, 0.6) is 0 Å². The fraction of sp³-hybridized carbons (Fsp3) is 0.154. The zero-order chi connectivity index (χ0) is 14.3. The van der Waals surface area contributed by atoms with Crippen LogP contribution in [0.2, 0.25) is 5.02 Å². The van der Waals surface area contributed by atoms with Crippen LogP contribution in [0.1, 0.15) is 12.5 Å². The SMILES string of the molecule is CCOC(=O)/C(C#N)=C/Nc1ccc(C#N)c(Cl)c1. The van der Waals surface area contributed by atoms with Crippen LogP contribution in [-0.4, -0.2) is 12.6 Å². The third kappa shape index (κ3) is 4.02. The number of halogens is 1. The zero-order valence-electron chi connectivity index (χ0n) is 10.1. The molecule has 19 heavy (non-hydrogen) atoms. The highest BCUT2D eigenvalue weighted by molar-refractivity contribution is 6.32. The van der Waals surface area contributed by atoms with Gasteiger partial charge in [0.1, 0.15) is 12.1 Å². The van der Waals surface area contributed by atoms with Crippen molar-refractivity contribution in [3.63, 3.8) is 0 Å². The third-order valence-electron chi connectivity index (χ3n) is 2.09. The molecule has 0 spiro atoms. The van der Waals surface area contributed by atoms with Gasteiger partial charge in [-0.15, -0.1) is 0 Å². The molecule has 6 heteroatoms. The van der Waals surface area contributed by atoms with E-state index in [0.29, 0.717) is 11.3 Å². The molecule has 1 aromatic carbocycles. The molecule has 0 aliphatic rings. The van der Waals surface area contributed by atoms with Crippen molar-refractivity contribution in [1.82, 2.24) is 0 Å². The monoisotopic (exact) mass is 275 g/mol. The van der Waals surface area contributed by atoms with Gasteiger partial charge in [0.25, 0.3) is 0 Å². The van der Waals surface area contributed by atoms with E-state index in [1.54, 1.807) is 19.1 Å². The van der Waals surface area contributed by atoms with E-state index in [1.165, 1.54) is 18.3 Å². The molecule has 1 N–H and O–H groups in total. The number of nitrogens with one attached hydrogen (secondary N) is 1. The largest absolute Gasteiger partial charge is 0.462 e. The average molecular weight is 276 g/mol. The number of hydrogen-bond donors (Lipinski definition) is 1. The number of nitrogens with zero attached hydrogens (tertiary/aromatic N) is 2. The molecule has 1 rings (SSSR count). The molecule has 1 aromatic rings. The molecule has 0 aromatic heterocycles. The highest BCUT2D eigenvalue weighted by Crippen LogP contribution is 2.20. The average Bonchev–Trinajstić information content (AvgIpc) is 2.40. The molecule has 0 saturated carbocycles. The Hall–Kier alpha value is -2.50. The maximum Gasteiger partial charge on any atom is 0.350 e. The number of benzene rings is 1. The van der Waals surface area contributed by atoms with E-state index in [2.05, 4.69) is 5.32 Å². The molecule has 0 bridgehead atoms. The van der Waals surface area contributed by atoms with Crippen LogP contribution in [0.25, 0.3) is 0 Å². The maximum atomic E-state index is 11.3. The summed E-state index contributed by atoms with van der Waals surface area (Å²) in [5.41, 5.74) is 0.755. The molecule has 96 valence electrons. The van der Waals surface area contributed by atoms with Gasteiger partial charge in [-0.05, 0) is 25.1 Å². The van der Waals surface area contributed by atoms with Gasteiger partial charge in [0.15, 0.2) is 5.57 Å². The number of hydrogen-bond acceptors (Lipinski definition) is 5. The van der Waals surface area contributed by atoms with Crippen molar-refractivity contribution in [3.05, 3.63) is 40.6 Å².